The Labute approximate surface area is 194 Å². The van der Waals surface area contributed by atoms with Crippen LogP contribution in [0.25, 0.3) is 22.3 Å². The first-order chi connectivity index (χ1) is 16.3. The van der Waals surface area contributed by atoms with Crippen LogP contribution < -0.4 is 15.5 Å². The van der Waals surface area contributed by atoms with Crippen LogP contribution in [0.15, 0.2) is 24.5 Å². The van der Waals surface area contributed by atoms with E-state index < -0.39 is 11.7 Å². The first-order valence-corrected chi connectivity index (χ1v) is 11.6. The number of hydrogen-bond donors (Lipinski definition) is 3. The second kappa shape index (κ2) is 7.81. The van der Waals surface area contributed by atoms with Crippen LogP contribution in [-0.2, 0) is 10.9 Å². The van der Waals surface area contributed by atoms with Crippen LogP contribution in [0.2, 0.25) is 0 Å². The van der Waals surface area contributed by atoms with Crippen molar-refractivity contribution >= 4 is 22.8 Å². The maximum absolute atomic E-state index is 13.9. The number of rotatable bonds is 4. The Kier molecular flexibility index (Phi) is 4.96. The van der Waals surface area contributed by atoms with Crippen LogP contribution in [0.3, 0.4) is 0 Å². The number of ether oxygens (including phenoxy) is 1. The maximum atomic E-state index is 13.9. The summed E-state index contributed by atoms with van der Waals surface area (Å²) in [5.41, 5.74) is 0.0368. The van der Waals surface area contributed by atoms with E-state index in [4.69, 9.17) is 4.74 Å². The van der Waals surface area contributed by atoms with Gasteiger partial charge in [-0.25, -0.2) is 15.0 Å². The molecule has 2 saturated heterocycles. The SMILES string of the molecule is C[C@H]1COCCN1c1ccc2c(-c3nc(N[C@@H]4CCC45CNC5)ncc3C(F)(F)F)c[nH]c2n1. The third-order valence-electron chi connectivity index (χ3n) is 7.46. The molecule has 0 unspecified atom stereocenters. The monoisotopic (exact) mass is 473 g/mol. The number of pyridine rings is 1. The van der Waals surface area contributed by atoms with Crippen molar-refractivity contribution in [3.8, 4) is 11.3 Å². The van der Waals surface area contributed by atoms with Crippen LogP contribution in [-0.4, -0.2) is 64.9 Å². The van der Waals surface area contributed by atoms with Gasteiger partial charge in [-0.2, -0.15) is 13.2 Å². The van der Waals surface area contributed by atoms with Gasteiger partial charge in [-0.1, -0.05) is 0 Å². The molecule has 180 valence electrons. The van der Waals surface area contributed by atoms with Crippen molar-refractivity contribution in [1.29, 1.82) is 0 Å². The molecular formula is C23H26F3N7O. The number of fused-ring (bicyclic) bond motifs is 1. The summed E-state index contributed by atoms with van der Waals surface area (Å²) in [6.07, 6.45) is -0.0918. The number of hydrogen-bond acceptors (Lipinski definition) is 7. The lowest BCUT2D eigenvalue weighted by molar-refractivity contribution is -0.137. The molecule has 34 heavy (non-hydrogen) atoms. The molecule has 3 aromatic heterocycles. The summed E-state index contributed by atoms with van der Waals surface area (Å²) in [6.45, 7) is 5.82. The zero-order chi connectivity index (χ0) is 23.5. The molecule has 3 aromatic rings. The largest absolute Gasteiger partial charge is 0.419 e. The lowest BCUT2D eigenvalue weighted by Gasteiger charge is -2.56. The smallest absolute Gasteiger partial charge is 0.377 e. The molecule has 2 aliphatic heterocycles. The fourth-order valence-electron chi connectivity index (χ4n) is 5.23. The summed E-state index contributed by atoms with van der Waals surface area (Å²) in [7, 11) is 0. The third kappa shape index (κ3) is 3.49. The Hall–Kier alpha value is -2.92. The molecule has 6 rings (SSSR count). The number of aromatic amines is 1. The highest BCUT2D eigenvalue weighted by Gasteiger charge is 2.51. The van der Waals surface area contributed by atoms with E-state index in [0.717, 1.165) is 37.9 Å². The fourth-order valence-corrected chi connectivity index (χ4v) is 5.23. The molecule has 3 fully saturated rings. The van der Waals surface area contributed by atoms with E-state index in [1.54, 1.807) is 6.20 Å². The van der Waals surface area contributed by atoms with Crippen molar-refractivity contribution in [2.24, 2.45) is 5.41 Å². The number of halogens is 3. The number of alkyl halides is 3. The van der Waals surface area contributed by atoms with E-state index in [-0.39, 0.29) is 29.1 Å². The third-order valence-corrected chi connectivity index (χ3v) is 7.46. The predicted molar refractivity (Wildman–Crippen MR) is 122 cm³/mol. The second-order valence-electron chi connectivity index (χ2n) is 9.54. The van der Waals surface area contributed by atoms with Gasteiger partial charge in [0.2, 0.25) is 5.95 Å². The van der Waals surface area contributed by atoms with Crippen LogP contribution in [0.1, 0.15) is 25.3 Å². The molecule has 3 N–H and O–H groups in total. The van der Waals surface area contributed by atoms with Gasteiger partial charge in [0.25, 0.3) is 0 Å². The van der Waals surface area contributed by atoms with Crippen LogP contribution >= 0.6 is 0 Å². The lowest BCUT2D eigenvalue weighted by Crippen LogP contribution is -2.67. The van der Waals surface area contributed by atoms with E-state index in [9.17, 15) is 13.2 Å². The quantitative estimate of drug-likeness (QED) is 0.535. The molecule has 11 heteroatoms. The molecule has 0 bridgehead atoms. The van der Waals surface area contributed by atoms with Gasteiger partial charge in [0.1, 0.15) is 17.0 Å². The average molecular weight is 474 g/mol. The van der Waals surface area contributed by atoms with E-state index in [0.29, 0.717) is 36.4 Å². The summed E-state index contributed by atoms with van der Waals surface area (Å²) in [4.78, 5) is 18.3. The van der Waals surface area contributed by atoms with Crippen LogP contribution in [0, 0.1) is 5.41 Å². The Morgan fingerprint density at radius 1 is 1.24 bits per heavy atom. The zero-order valence-electron chi connectivity index (χ0n) is 18.7. The van der Waals surface area contributed by atoms with Gasteiger partial charge < -0.3 is 25.3 Å². The number of aromatic nitrogens is 4. The molecule has 0 aromatic carbocycles. The van der Waals surface area contributed by atoms with E-state index in [1.165, 1.54) is 0 Å². The Bertz CT molecular complexity index is 1220. The van der Waals surface area contributed by atoms with Crippen molar-refractivity contribution in [3.63, 3.8) is 0 Å². The van der Waals surface area contributed by atoms with Crippen molar-refractivity contribution in [3.05, 3.63) is 30.1 Å². The van der Waals surface area contributed by atoms with E-state index in [1.807, 2.05) is 12.1 Å². The molecule has 5 heterocycles. The molecule has 3 aliphatic rings. The van der Waals surface area contributed by atoms with Gasteiger partial charge in [0.05, 0.1) is 24.9 Å². The van der Waals surface area contributed by atoms with Crippen LogP contribution in [0.5, 0.6) is 0 Å². The second-order valence-corrected chi connectivity index (χ2v) is 9.54. The van der Waals surface area contributed by atoms with Crippen molar-refractivity contribution < 1.29 is 17.9 Å². The minimum Gasteiger partial charge on any atom is -0.377 e. The van der Waals surface area contributed by atoms with Gasteiger partial charge in [-0.3, -0.25) is 0 Å². The summed E-state index contributed by atoms with van der Waals surface area (Å²) in [5, 5.41) is 7.15. The zero-order valence-corrected chi connectivity index (χ0v) is 18.7. The highest BCUT2D eigenvalue weighted by molar-refractivity contribution is 5.94. The fraction of sp³-hybridized carbons (Fsp3) is 0.522. The van der Waals surface area contributed by atoms with Gasteiger partial charge in [-0.15, -0.1) is 0 Å². The molecule has 0 amide bonds. The number of nitrogens with one attached hydrogen (secondary N) is 3. The standard InChI is InChI=1S/C23H26F3N7O/c1-13-10-34-7-6-33(13)18-3-2-14-15(8-28-20(14)31-18)19-16(23(24,25)26)9-29-21(32-19)30-17-4-5-22(17)11-27-12-22/h2-3,8-9,13,17,27H,4-7,10-12H2,1H3,(H,28,31)(H,29,30,32)/t13-,17+/m0/s1. The molecule has 1 aliphatic carbocycles. The van der Waals surface area contributed by atoms with Crippen molar-refractivity contribution in [2.45, 2.75) is 38.0 Å². The minimum absolute atomic E-state index is 0.148. The number of anilines is 2. The number of H-pyrrole nitrogens is 1. The Balaban J connectivity index is 1.37. The maximum Gasteiger partial charge on any atom is 0.419 e. The molecule has 0 radical (unpaired) electrons. The Morgan fingerprint density at radius 3 is 2.76 bits per heavy atom. The Morgan fingerprint density at radius 2 is 2.09 bits per heavy atom. The van der Waals surface area contributed by atoms with Crippen molar-refractivity contribution in [2.75, 3.05) is 43.1 Å². The normalized spacial score (nSPS) is 24.2. The minimum atomic E-state index is -4.58. The van der Waals surface area contributed by atoms with Gasteiger partial charge in [-0.05, 0) is 31.9 Å². The first-order valence-electron chi connectivity index (χ1n) is 11.6. The van der Waals surface area contributed by atoms with E-state index >= 15 is 0 Å². The summed E-state index contributed by atoms with van der Waals surface area (Å²) < 4.78 is 47.2. The molecule has 1 spiro atoms. The van der Waals surface area contributed by atoms with E-state index in [2.05, 4.69) is 42.4 Å². The summed E-state index contributed by atoms with van der Waals surface area (Å²) in [5.74, 6) is 0.988. The van der Waals surface area contributed by atoms with Gasteiger partial charge in [0, 0.05) is 54.4 Å². The lowest BCUT2D eigenvalue weighted by atomic mass is 9.60. The highest BCUT2D eigenvalue weighted by Crippen LogP contribution is 2.46. The molecule has 8 nitrogen and oxygen atoms in total. The van der Waals surface area contributed by atoms with Gasteiger partial charge >= 0.3 is 6.18 Å². The molecule has 1 saturated carbocycles. The predicted octanol–water partition coefficient (Wildman–Crippen LogP) is 3.43. The van der Waals surface area contributed by atoms with Gasteiger partial charge in [0.15, 0.2) is 0 Å². The number of nitrogens with zero attached hydrogens (tertiary/aromatic N) is 4. The summed E-state index contributed by atoms with van der Waals surface area (Å²) >= 11 is 0. The van der Waals surface area contributed by atoms with Crippen LogP contribution in [0.4, 0.5) is 24.9 Å². The highest BCUT2D eigenvalue weighted by atomic mass is 19.4. The molecule has 2 atom stereocenters. The number of morpholine rings is 1. The topological polar surface area (TPSA) is 91.0 Å². The van der Waals surface area contributed by atoms with Crippen molar-refractivity contribution in [1.82, 2.24) is 25.3 Å². The average Bonchev–Trinajstić information content (AvgIpc) is 3.18. The summed E-state index contributed by atoms with van der Waals surface area (Å²) in [6, 6.07) is 3.99. The molecular weight excluding hydrogens is 447 g/mol. The first kappa shape index (κ1) is 21.6.